The molecule has 8 heteroatoms. The minimum atomic E-state index is -3.66. The van der Waals surface area contributed by atoms with Crippen molar-refractivity contribution in [1.29, 1.82) is 0 Å². The van der Waals surface area contributed by atoms with Gasteiger partial charge in [0.25, 0.3) is 10.2 Å². The third-order valence-corrected chi connectivity index (χ3v) is 6.52. The zero-order valence-corrected chi connectivity index (χ0v) is 17.1. The molecule has 7 nitrogen and oxygen atoms in total. The summed E-state index contributed by atoms with van der Waals surface area (Å²) in [6.45, 7) is 5.26. The van der Waals surface area contributed by atoms with Crippen molar-refractivity contribution in [1.82, 2.24) is 18.6 Å². The monoisotopic (exact) mass is 392 g/mol. The first-order chi connectivity index (χ1) is 12.8. The summed E-state index contributed by atoms with van der Waals surface area (Å²) in [5.41, 5.74) is 0.812. The van der Waals surface area contributed by atoms with E-state index in [4.69, 9.17) is 4.74 Å². The fourth-order valence-corrected chi connectivity index (χ4v) is 5.34. The normalized spacial score (nSPS) is 22.5. The van der Waals surface area contributed by atoms with Gasteiger partial charge in [0.2, 0.25) is 0 Å². The molecule has 1 aromatic heterocycles. The predicted octanol–water partition coefficient (Wildman–Crippen LogP) is 2.33. The van der Waals surface area contributed by atoms with Gasteiger partial charge in [0.05, 0.1) is 7.11 Å². The van der Waals surface area contributed by atoms with Gasteiger partial charge in [-0.15, -0.1) is 0 Å². The number of nitrogens with zero attached hydrogens (tertiary/aromatic N) is 3. The minimum absolute atomic E-state index is 0.345. The Bertz CT molecular complexity index is 853. The Balaban J connectivity index is 1.92. The van der Waals surface area contributed by atoms with Gasteiger partial charge in [-0.3, -0.25) is 0 Å². The van der Waals surface area contributed by atoms with E-state index < -0.39 is 16.3 Å². The first-order valence-corrected chi connectivity index (χ1v) is 10.6. The van der Waals surface area contributed by atoms with Gasteiger partial charge in [0.1, 0.15) is 17.6 Å². The van der Waals surface area contributed by atoms with Crippen LogP contribution in [0.4, 0.5) is 0 Å². The maximum atomic E-state index is 13.1. The van der Waals surface area contributed by atoms with Crippen molar-refractivity contribution in [3.63, 3.8) is 0 Å². The summed E-state index contributed by atoms with van der Waals surface area (Å²) >= 11 is 0. The highest BCUT2D eigenvalue weighted by Crippen LogP contribution is 2.27. The lowest BCUT2D eigenvalue weighted by atomic mass is 9.94. The summed E-state index contributed by atoms with van der Waals surface area (Å²) < 4.78 is 37.8. The summed E-state index contributed by atoms with van der Waals surface area (Å²) in [7, 11) is -0.193. The Hall–Kier alpha value is -1.90. The number of aryl methyl sites for hydroxylation is 1. The van der Waals surface area contributed by atoms with Crippen molar-refractivity contribution in [2.24, 2.45) is 18.9 Å². The molecule has 1 N–H and O–H groups in total. The molecule has 3 atom stereocenters. The van der Waals surface area contributed by atoms with E-state index in [2.05, 4.69) is 23.6 Å². The number of benzene rings is 1. The summed E-state index contributed by atoms with van der Waals surface area (Å²) in [5.74, 6) is 2.05. The van der Waals surface area contributed by atoms with E-state index in [1.165, 1.54) is 0 Å². The second-order valence-corrected chi connectivity index (χ2v) is 9.19. The lowest BCUT2D eigenvalue weighted by Gasteiger charge is -2.35. The van der Waals surface area contributed by atoms with Crippen LogP contribution in [-0.2, 0) is 17.3 Å². The highest BCUT2D eigenvalue weighted by molar-refractivity contribution is 7.87. The van der Waals surface area contributed by atoms with Crippen molar-refractivity contribution < 1.29 is 13.2 Å². The summed E-state index contributed by atoms with van der Waals surface area (Å²) in [6, 6.07) is 6.80. The number of rotatable bonds is 6. The Morgan fingerprint density at radius 3 is 2.33 bits per heavy atom. The standard InChI is InChI=1S/C19H28N4O3S/c1-14-11-15(2)13-23(12-14)27(24,25)21-18(19-20-9-10-22(19)3)16-5-7-17(26-4)8-6-16/h5-10,14-15,18,21H,11-13H2,1-4H3. The number of nitrogens with one attached hydrogen (secondary N) is 1. The number of hydrogen-bond acceptors (Lipinski definition) is 4. The molecule has 3 rings (SSSR count). The fraction of sp³-hybridized carbons (Fsp3) is 0.526. The number of ether oxygens (including phenoxy) is 1. The Morgan fingerprint density at radius 1 is 1.19 bits per heavy atom. The molecule has 148 valence electrons. The molecule has 0 amide bonds. The largest absolute Gasteiger partial charge is 0.497 e. The van der Waals surface area contributed by atoms with Crippen molar-refractivity contribution in [3.8, 4) is 5.75 Å². The Morgan fingerprint density at radius 2 is 1.81 bits per heavy atom. The molecule has 0 spiro atoms. The molecule has 2 aromatic rings. The minimum Gasteiger partial charge on any atom is -0.497 e. The summed E-state index contributed by atoms with van der Waals surface area (Å²) in [5, 5.41) is 0. The third kappa shape index (κ3) is 4.51. The van der Waals surface area contributed by atoms with Crippen LogP contribution in [0.1, 0.15) is 37.7 Å². The van der Waals surface area contributed by atoms with Gasteiger partial charge in [-0.2, -0.15) is 17.4 Å². The van der Waals surface area contributed by atoms with Crippen molar-refractivity contribution in [2.75, 3.05) is 20.2 Å². The van der Waals surface area contributed by atoms with Gasteiger partial charge in [0, 0.05) is 32.5 Å². The number of imidazole rings is 1. The third-order valence-electron chi connectivity index (χ3n) is 5.01. The van der Waals surface area contributed by atoms with Crippen LogP contribution < -0.4 is 9.46 Å². The van der Waals surface area contributed by atoms with E-state index in [-0.39, 0.29) is 0 Å². The van der Waals surface area contributed by atoms with Crippen LogP contribution in [0, 0.1) is 11.8 Å². The van der Waals surface area contributed by atoms with Crippen LogP contribution in [0.5, 0.6) is 5.75 Å². The zero-order valence-electron chi connectivity index (χ0n) is 16.3. The van der Waals surface area contributed by atoms with Gasteiger partial charge in [-0.25, -0.2) is 4.98 Å². The van der Waals surface area contributed by atoms with Gasteiger partial charge in [-0.05, 0) is 36.0 Å². The molecule has 1 aliphatic rings. The maximum absolute atomic E-state index is 13.1. The highest BCUT2D eigenvalue weighted by Gasteiger charge is 2.33. The van der Waals surface area contributed by atoms with E-state index in [0.717, 1.165) is 17.7 Å². The van der Waals surface area contributed by atoms with E-state index in [1.54, 1.807) is 17.6 Å². The Kier molecular flexibility index (Phi) is 5.88. The molecule has 1 fully saturated rings. The molecule has 27 heavy (non-hydrogen) atoms. The summed E-state index contributed by atoms with van der Waals surface area (Å²) in [6.07, 6.45) is 4.53. The molecule has 2 heterocycles. The van der Waals surface area contributed by atoms with Gasteiger partial charge in [0.15, 0.2) is 0 Å². The molecule has 3 unspecified atom stereocenters. The van der Waals surface area contributed by atoms with E-state index in [1.807, 2.05) is 42.1 Å². The lowest BCUT2D eigenvalue weighted by Crippen LogP contribution is -2.49. The SMILES string of the molecule is COc1ccc(C(NS(=O)(=O)N2CC(C)CC(C)C2)c2nccn2C)cc1. The molecule has 1 aromatic carbocycles. The van der Waals surface area contributed by atoms with Crippen LogP contribution in [0.3, 0.4) is 0 Å². The second kappa shape index (κ2) is 8.00. The van der Waals surface area contributed by atoms with Crippen LogP contribution >= 0.6 is 0 Å². The number of piperidine rings is 1. The van der Waals surface area contributed by atoms with Crippen LogP contribution in [0.2, 0.25) is 0 Å². The molecule has 1 saturated heterocycles. The fourth-order valence-electron chi connectivity index (χ4n) is 3.75. The lowest BCUT2D eigenvalue weighted by molar-refractivity contribution is 0.220. The highest BCUT2D eigenvalue weighted by atomic mass is 32.2. The number of hydrogen-bond donors (Lipinski definition) is 1. The molecular formula is C19H28N4O3S. The predicted molar refractivity (Wildman–Crippen MR) is 105 cm³/mol. The summed E-state index contributed by atoms with van der Waals surface area (Å²) in [4.78, 5) is 4.38. The molecular weight excluding hydrogens is 364 g/mol. The topological polar surface area (TPSA) is 76.5 Å². The Labute approximate surface area is 161 Å². The average Bonchev–Trinajstić information content (AvgIpc) is 3.05. The second-order valence-electron chi connectivity index (χ2n) is 7.49. The number of aromatic nitrogens is 2. The molecule has 0 saturated carbocycles. The maximum Gasteiger partial charge on any atom is 0.280 e. The van der Waals surface area contributed by atoms with Crippen molar-refractivity contribution >= 4 is 10.2 Å². The quantitative estimate of drug-likeness (QED) is 0.819. The van der Waals surface area contributed by atoms with Gasteiger partial charge >= 0.3 is 0 Å². The van der Waals surface area contributed by atoms with Crippen LogP contribution in [0.25, 0.3) is 0 Å². The first-order valence-electron chi connectivity index (χ1n) is 9.18. The average molecular weight is 393 g/mol. The van der Waals surface area contributed by atoms with Crippen LogP contribution in [-0.4, -0.2) is 42.5 Å². The van der Waals surface area contributed by atoms with E-state index in [9.17, 15) is 8.42 Å². The van der Waals surface area contributed by atoms with Crippen LogP contribution in [0.15, 0.2) is 36.7 Å². The molecule has 1 aliphatic heterocycles. The molecule has 0 bridgehead atoms. The zero-order chi connectivity index (χ0) is 19.6. The smallest absolute Gasteiger partial charge is 0.280 e. The van der Waals surface area contributed by atoms with E-state index >= 15 is 0 Å². The first kappa shape index (κ1) is 19.9. The van der Waals surface area contributed by atoms with E-state index in [0.29, 0.717) is 30.7 Å². The molecule has 0 radical (unpaired) electrons. The van der Waals surface area contributed by atoms with Gasteiger partial charge < -0.3 is 9.30 Å². The molecule has 0 aliphatic carbocycles. The van der Waals surface area contributed by atoms with Gasteiger partial charge in [-0.1, -0.05) is 26.0 Å². The number of methoxy groups -OCH3 is 1. The van der Waals surface area contributed by atoms with Crippen molar-refractivity contribution in [2.45, 2.75) is 26.3 Å². The van der Waals surface area contributed by atoms with Crippen molar-refractivity contribution in [3.05, 3.63) is 48.0 Å².